The van der Waals surface area contributed by atoms with Gasteiger partial charge >= 0.3 is 12.0 Å². The molecule has 1 atom stereocenters. The fraction of sp³-hybridized carbons (Fsp3) is 0.176. The first-order valence-corrected chi connectivity index (χ1v) is 8.05. The molecule has 1 saturated heterocycles. The number of amides is 2. The maximum Gasteiger partial charge on any atom is 0.360 e. The summed E-state index contributed by atoms with van der Waals surface area (Å²) in [6.07, 6.45) is 0. The number of carbonyl (C=O) groups excluding carboxylic acids is 2. The molecular formula is C17H14Cl2N2O4. The van der Waals surface area contributed by atoms with E-state index < -0.39 is 18.0 Å². The number of anilines is 1. The zero-order valence-electron chi connectivity index (χ0n) is 13.4. The third-order valence-corrected chi connectivity index (χ3v) is 4.55. The summed E-state index contributed by atoms with van der Waals surface area (Å²) in [5, 5.41) is 1.59. The molecule has 0 unspecified atom stereocenters. The molecule has 2 aromatic carbocycles. The van der Waals surface area contributed by atoms with Crippen LogP contribution in [0.1, 0.15) is 11.6 Å². The molecule has 1 heterocycles. The van der Waals surface area contributed by atoms with Crippen LogP contribution in [0.2, 0.25) is 10.0 Å². The van der Waals surface area contributed by atoms with Crippen LogP contribution in [0.3, 0.4) is 0 Å². The molecule has 6 nitrogen and oxygen atoms in total. The van der Waals surface area contributed by atoms with Crippen molar-refractivity contribution in [2.75, 3.05) is 19.2 Å². The molecule has 1 aliphatic heterocycles. The van der Waals surface area contributed by atoms with E-state index in [4.69, 9.17) is 32.8 Å². The maximum absolute atomic E-state index is 12.7. The summed E-state index contributed by atoms with van der Waals surface area (Å²) in [5.41, 5.74) is 0.901. The fourth-order valence-electron chi connectivity index (χ4n) is 2.53. The molecule has 25 heavy (non-hydrogen) atoms. The molecule has 0 aliphatic carbocycles. The van der Waals surface area contributed by atoms with Gasteiger partial charge in [-0.2, -0.15) is 0 Å². The largest absolute Gasteiger partial charge is 0.497 e. The average Bonchev–Trinajstić information content (AvgIpc) is 2.61. The van der Waals surface area contributed by atoms with Gasteiger partial charge in [-0.25, -0.2) is 9.59 Å². The molecule has 130 valence electrons. The Bertz CT molecular complexity index is 843. The van der Waals surface area contributed by atoms with Crippen molar-refractivity contribution in [3.05, 3.63) is 58.1 Å². The number of hydroxylamine groups is 1. The first kappa shape index (κ1) is 17.4. The Morgan fingerprint density at radius 2 is 1.84 bits per heavy atom. The van der Waals surface area contributed by atoms with Gasteiger partial charge in [0.25, 0.3) is 0 Å². The first-order chi connectivity index (χ1) is 11.9. The van der Waals surface area contributed by atoms with Crippen LogP contribution in [0.15, 0.2) is 42.5 Å². The minimum absolute atomic E-state index is 0.294. The SMILES string of the molecule is COc1cccc(N2OC(=O)[C@@H](c3ccc(Cl)c(Cl)c3)N(C)C2=O)c1. The lowest BCUT2D eigenvalue weighted by Crippen LogP contribution is -2.52. The number of nitrogens with zero attached hydrogens (tertiary/aromatic N) is 2. The number of methoxy groups -OCH3 is 1. The third-order valence-electron chi connectivity index (χ3n) is 3.81. The predicted octanol–water partition coefficient (Wildman–Crippen LogP) is 4.07. The van der Waals surface area contributed by atoms with Crippen LogP contribution in [0, 0.1) is 0 Å². The summed E-state index contributed by atoms with van der Waals surface area (Å²) in [4.78, 5) is 31.7. The lowest BCUT2D eigenvalue weighted by Gasteiger charge is -2.37. The van der Waals surface area contributed by atoms with Crippen LogP contribution in [0.4, 0.5) is 10.5 Å². The van der Waals surface area contributed by atoms with Gasteiger partial charge in [0, 0.05) is 13.1 Å². The Balaban J connectivity index is 1.92. The van der Waals surface area contributed by atoms with Crippen molar-refractivity contribution in [3.63, 3.8) is 0 Å². The number of hydrogen-bond acceptors (Lipinski definition) is 4. The first-order valence-electron chi connectivity index (χ1n) is 7.30. The fourth-order valence-corrected chi connectivity index (χ4v) is 2.84. The minimum Gasteiger partial charge on any atom is -0.497 e. The highest BCUT2D eigenvalue weighted by Gasteiger charge is 2.41. The molecule has 1 aliphatic rings. The molecule has 2 amide bonds. The van der Waals surface area contributed by atoms with Crippen molar-refractivity contribution in [3.8, 4) is 5.75 Å². The van der Waals surface area contributed by atoms with Gasteiger partial charge < -0.3 is 14.5 Å². The Morgan fingerprint density at radius 3 is 2.52 bits per heavy atom. The van der Waals surface area contributed by atoms with Crippen molar-refractivity contribution in [2.45, 2.75) is 6.04 Å². The summed E-state index contributed by atoms with van der Waals surface area (Å²) in [5.74, 6) is -0.0704. The number of rotatable bonds is 3. The average molecular weight is 381 g/mol. The summed E-state index contributed by atoms with van der Waals surface area (Å²) >= 11 is 11.9. The summed E-state index contributed by atoms with van der Waals surface area (Å²) in [6.45, 7) is 0. The highest BCUT2D eigenvalue weighted by molar-refractivity contribution is 6.42. The number of halogens is 2. The number of carbonyl (C=O) groups is 2. The van der Waals surface area contributed by atoms with Crippen LogP contribution in [0.5, 0.6) is 5.75 Å². The Morgan fingerprint density at radius 1 is 1.08 bits per heavy atom. The summed E-state index contributed by atoms with van der Waals surface area (Å²) < 4.78 is 5.13. The predicted molar refractivity (Wildman–Crippen MR) is 93.9 cm³/mol. The lowest BCUT2D eigenvalue weighted by molar-refractivity contribution is -0.153. The molecule has 1 fully saturated rings. The summed E-state index contributed by atoms with van der Waals surface area (Å²) in [7, 11) is 3.03. The lowest BCUT2D eigenvalue weighted by atomic mass is 10.1. The third kappa shape index (κ3) is 3.23. The van der Waals surface area contributed by atoms with E-state index in [2.05, 4.69) is 0 Å². The molecule has 0 saturated carbocycles. The molecule has 0 spiro atoms. The normalized spacial score (nSPS) is 17.5. The highest BCUT2D eigenvalue weighted by atomic mass is 35.5. The second kappa shape index (κ2) is 6.82. The topological polar surface area (TPSA) is 59.1 Å². The van der Waals surface area contributed by atoms with Crippen molar-refractivity contribution in [2.24, 2.45) is 0 Å². The van der Waals surface area contributed by atoms with Crippen molar-refractivity contribution in [1.82, 2.24) is 4.90 Å². The van der Waals surface area contributed by atoms with Gasteiger partial charge in [0.1, 0.15) is 5.75 Å². The molecule has 2 aromatic rings. The van der Waals surface area contributed by atoms with Gasteiger partial charge in [0.05, 0.1) is 22.8 Å². The van der Waals surface area contributed by atoms with E-state index in [9.17, 15) is 9.59 Å². The van der Waals surface area contributed by atoms with Gasteiger partial charge in [-0.3, -0.25) is 0 Å². The minimum atomic E-state index is -0.913. The van der Waals surface area contributed by atoms with Crippen molar-refractivity contribution < 1.29 is 19.2 Å². The number of likely N-dealkylation sites (N-methyl/N-ethyl adjacent to an activating group) is 1. The quantitative estimate of drug-likeness (QED) is 0.804. The van der Waals surface area contributed by atoms with E-state index in [1.54, 1.807) is 42.5 Å². The van der Waals surface area contributed by atoms with E-state index in [1.165, 1.54) is 19.1 Å². The van der Waals surface area contributed by atoms with Gasteiger partial charge in [0.15, 0.2) is 6.04 Å². The molecule has 0 aromatic heterocycles. The van der Waals surface area contributed by atoms with E-state index in [0.29, 0.717) is 27.0 Å². The van der Waals surface area contributed by atoms with Gasteiger partial charge in [0.2, 0.25) is 0 Å². The van der Waals surface area contributed by atoms with Gasteiger partial charge in [-0.15, -0.1) is 5.06 Å². The van der Waals surface area contributed by atoms with Crippen LogP contribution in [-0.2, 0) is 9.63 Å². The molecule has 0 radical (unpaired) electrons. The van der Waals surface area contributed by atoms with Crippen LogP contribution in [-0.4, -0.2) is 31.1 Å². The Kier molecular flexibility index (Phi) is 4.74. The van der Waals surface area contributed by atoms with Crippen LogP contribution >= 0.6 is 23.2 Å². The number of benzene rings is 2. The van der Waals surface area contributed by atoms with E-state index in [0.717, 1.165) is 5.06 Å². The standard InChI is InChI=1S/C17H14Cl2N2O4/c1-20-15(10-6-7-13(18)14(19)8-10)16(22)25-21(17(20)23)11-4-3-5-12(9-11)24-2/h3-9,15H,1-2H3/t15-/m1/s1. The number of ether oxygens (including phenoxy) is 1. The van der Waals surface area contributed by atoms with E-state index in [1.807, 2.05) is 0 Å². The van der Waals surface area contributed by atoms with Crippen molar-refractivity contribution in [1.29, 1.82) is 0 Å². The molecule has 0 N–H and O–H groups in total. The summed E-state index contributed by atoms with van der Waals surface area (Å²) in [6, 6.07) is 9.99. The zero-order chi connectivity index (χ0) is 18.1. The molecular weight excluding hydrogens is 367 g/mol. The van der Waals surface area contributed by atoms with E-state index >= 15 is 0 Å². The molecule has 0 bridgehead atoms. The zero-order valence-corrected chi connectivity index (χ0v) is 14.9. The second-order valence-electron chi connectivity index (χ2n) is 5.38. The maximum atomic E-state index is 12.7. The smallest absolute Gasteiger partial charge is 0.360 e. The monoisotopic (exact) mass is 380 g/mol. The molecule has 3 rings (SSSR count). The van der Waals surface area contributed by atoms with Gasteiger partial charge in [-0.05, 0) is 29.8 Å². The van der Waals surface area contributed by atoms with Crippen LogP contribution < -0.4 is 9.80 Å². The van der Waals surface area contributed by atoms with Gasteiger partial charge in [-0.1, -0.05) is 35.3 Å². The number of urea groups is 1. The Hall–Kier alpha value is -2.44. The highest BCUT2D eigenvalue weighted by Crippen LogP contribution is 2.33. The van der Waals surface area contributed by atoms with E-state index in [-0.39, 0.29) is 0 Å². The Labute approximate surface area is 154 Å². The second-order valence-corrected chi connectivity index (χ2v) is 6.19. The number of hydrogen-bond donors (Lipinski definition) is 0. The molecule has 8 heteroatoms. The van der Waals surface area contributed by atoms with Crippen LogP contribution in [0.25, 0.3) is 0 Å². The van der Waals surface area contributed by atoms with Crippen molar-refractivity contribution >= 4 is 40.9 Å².